The summed E-state index contributed by atoms with van der Waals surface area (Å²) < 4.78 is 1.33. The van der Waals surface area contributed by atoms with Gasteiger partial charge in [0.25, 0.3) is 0 Å². The van der Waals surface area contributed by atoms with E-state index < -0.39 is 6.61 Å². The highest BCUT2D eigenvalue weighted by molar-refractivity contribution is 5.20. The Bertz CT molecular complexity index is 385. The molecule has 0 aliphatic heterocycles. The predicted molar refractivity (Wildman–Crippen MR) is 41.3 cm³/mol. The molecule has 2 heterocycles. The summed E-state index contributed by atoms with van der Waals surface area (Å²) in [6.45, 7) is -0.455. The number of aromatic nitrogens is 5. The first-order chi connectivity index (χ1) is 6.42. The highest BCUT2D eigenvalue weighted by Crippen LogP contribution is 2.02. The molecule has 0 saturated heterocycles. The van der Waals surface area contributed by atoms with E-state index in [2.05, 4.69) is 20.5 Å². The molecule has 0 atom stereocenters. The van der Waals surface area contributed by atoms with E-state index in [0.29, 0.717) is 5.82 Å². The fourth-order valence-electron chi connectivity index (χ4n) is 0.953. The molecule has 0 amide bonds. The number of rotatable bonds is 2. The maximum atomic E-state index is 10.6. The minimum absolute atomic E-state index is 0.263. The van der Waals surface area contributed by atoms with Crippen molar-refractivity contribution in [2.24, 2.45) is 0 Å². The topological polar surface area (TPSA) is 76.4 Å². The van der Waals surface area contributed by atoms with Gasteiger partial charge in [0, 0.05) is 6.20 Å². The van der Waals surface area contributed by atoms with Gasteiger partial charge < -0.3 is 0 Å². The van der Waals surface area contributed by atoms with Crippen LogP contribution in [0.2, 0.25) is 0 Å². The van der Waals surface area contributed by atoms with Crippen molar-refractivity contribution in [2.75, 3.05) is 0 Å². The average Bonchev–Trinajstić information content (AvgIpc) is 2.67. The molecule has 6 nitrogen and oxygen atoms in total. The van der Waals surface area contributed by atoms with Crippen molar-refractivity contribution >= 4 is 0 Å². The zero-order chi connectivity index (χ0) is 9.10. The van der Waals surface area contributed by atoms with Gasteiger partial charge in [-0.2, -0.15) is 4.68 Å². The van der Waals surface area contributed by atoms with Crippen molar-refractivity contribution in [3.63, 3.8) is 0 Å². The Morgan fingerprint density at radius 1 is 1.38 bits per heavy atom. The predicted octanol–water partition coefficient (Wildman–Crippen LogP) is -0.0122. The molecule has 0 bridgehead atoms. The summed E-state index contributed by atoms with van der Waals surface area (Å²) in [5.74, 6) is 0.817. The van der Waals surface area contributed by atoms with Crippen molar-refractivity contribution in [1.29, 1.82) is 0 Å². The lowest BCUT2D eigenvalue weighted by molar-refractivity contribution is 0.167. The van der Waals surface area contributed by atoms with Gasteiger partial charge in [-0.25, -0.2) is 10.1 Å². The lowest BCUT2D eigenvalue weighted by Gasteiger charge is -1.98. The maximum absolute atomic E-state index is 10.6. The molecule has 0 fully saturated rings. The second kappa shape index (κ2) is 3.28. The van der Waals surface area contributed by atoms with Crippen LogP contribution in [0, 0.1) is 0 Å². The maximum Gasteiger partial charge on any atom is 0.187 e. The smallest absolute Gasteiger partial charge is 0.187 e. The van der Waals surface area contributed by atoms with Crippen LogP contribution in [0.3, 0.4) is 0 Å². The van der Waals surface area contributed by atoms with Crippen molar-refractivity contribution in [3.8, 4) is 5.82 Å². The first kappa shape index (κ1) is 7.81. The average molecular weight is 176 g/mol. The Balaban J connectivity index is 2.47. The van der Waals surface area contributed by atoms with E-state index in [1.807, 2.05) is 0 Å². The van der Waals surface area contributed by atoms with Crippen molar-refractivity contribution in [3.05, 3.63) is 30.2 Å². The van der Waals surface area contributed by atoms with Crippen LogP contribution >= 0.6 is 0 Å². The van der Waals surface area contributed by atoms with E-state index in [9.17, 15) is 5.11 Å². The lowest BCUT2D eigenvalue weighted by Crippen LogP contribution is -2.04. The van der Waals surface area contributed by atoms with Gasteiger partial charge in [-0.1, -0.05) is 6.07 Å². The summed E-state index contributed by atoms with van der Waals surface area (Å²) in [7, 11) is 0. The van der Waals surface area contributed by atoms with Crippen molar-refractivity contribution in [1.82, 2.24) is 25.2 Å². The van der Waals surface area contributed by atoms with Crippen LogP contribution in [0.4, 0.5) is 0 Å². The molecule has 0 unspecified atom stereocenters. The normalized spacial score (nSPS) is 10.2. The Kier molecular flexibility index (Phi) is 1.97. The third kappa shape index (κ3) is 1.38. The van der Waals surface area contributed by atoms with Crippen LogP contribution < -0.4 is 0 Å². The second-order valence-corrected chi connectivity index (χ2v) is 2.34. The molecule has 0 spiro atoms. The SMILES string of the molecule is [O]Cc1nnnn1-c1ccccn1. The summed E-state index contributed by atoms with van der Waals surface area (Å²) in [6, 6.07) is 5.32. The second-order valence-electron chi connectivity index (χ2n) is 2.34. The van der Waals surface area contributed by atoms with E-state index in [1.54, 1.807) is 24.4 Å². The molecule has 0 aliphatic carbocycles. The van der Waals surface area contributed by atoms with E-state index in [0.717, 1.165) is 0 Å². The van der Waals surface area contributed by atoms with E-state index >= 15 is 0 Å². The van der Waals surface area contributed by atoms with E-state index in [4.69, 9.17) is 0 Å². The monoisotopic (exact) mass is 176 g/mol. The van der Waals surface area contributed by atoms with Crippen LogP contribution in [-0.4, -0.2) is 25.2 Å². The summed E-state index contributed by atoms with van der Waals surface area (Å²) in [6.07, 6.45) is 1.62. The fourth-order valence-corrected chi connectivity index (χ4v) is 0.953. The van der Waals surface area contributed by atoms with Gasteiger partial charge >= 0.3 is 0 Å². The van der Waals surface area contributed by atoms with E-state index in [1.165, 1.54) is 4.68 Å². The molecule has 6 heteroatoms. The third-order valence-electron chi connectivity index (χ3n) is 1.53. The Labute approximate surface area is 73.9 Å². The minimum atomic E-state index is -0.455. The molecule has 13 heavy (non-hydrogen) atoms. The number of hydrogen-bond donors (Lipinski definition) is 0. The van der Waals surface area contributed by atoms with Crippen LogP contribution in [0.25, 0.3) is 5.82 Å². The first-order valence-electron chi connectivity index (χ1n) is 3.68. The van der Waals surface area contributed by atoms with Crippen LogP contribution in [0.5, 0.6) is 0 Å². The lowest BCUT2D eigenvalue weighted by atomic mass is 10.4. The first-order valence-corrected chi connectivity index (χ1v) is 3.68. The van der Waals surface area contributed by atoms with Gasteiger partial charge in [0.2, 0.25) is 0 Å². The van der Waals surface area contributed by atoms with Gasteiger partial charge in [-0.05, 0) is 22.6 Å². The molecular weight excluding hydrogens is 170 g/mol. The fraction of sp³-hybridized carbons (Fsp3) is 0.143. The quantitative estimate of drug-likeness (QED) is 0.644. The van der Waals surface area contributed by atoms with E-state index in [-0.39, 0.29) is 5.82 Å². The molecule has 2 aromatic rings. The summed E-state index contributed by atoms with van der Waals surface area (Å²) in [5, 5.41) is 21.2. The number of hydrogen-bond acceptors (Lipinski definition) is 4. The van der Waals surface area contributed by atoms with Crippen LogP contribution in [0.15, 0.2) is 24.4 Å². The van der Waals surface area contributed by atoms with Gasteiger partial charge in [-0.15, -0.1) is 5.10 Å². The number of nitrogens with zero attached hydrogens (tertiary/aromatic N) is 5. The third-order valence-corrected chi connectivity index (χ3v) is 1.53. The van der Waals surface area contributed by atoms with Gasteiger partial charge in [0.1, 0.15) is 6.61 Å². The zero-order valence-electron chi connectivity index (χ0n) is 6.66. The summed E-state index contributed by atoms with van der Waals surface area (Å²) >= 11 is 0. The molecule has 0 N–H and O–H groups in total. The highest BCUT2D eigenvalue weighted by Gasteiger charge is 2.06. The molecule has 65 valence electrons. The van der Waals surface area contributed by atoms with Gasteiger partial charge in [0.05, 0.1) is 0 Å². The van der Waals surface area contributed by atoms with Crippen molar-refractivity contribution < 1.29 is 5.11 Å². The Morgan fingerprint density at radius 3 is 3.00 bits per heavy atom. The number of tetrazole rings is 1. The molecular formula is C7H6N5O. The standard InChI is InChI=1S/C7H6N5O/c13-5-7-9-10-11-12(7)6-3-1-2-4-8-6/h1-4H,5H2. The van der Waals surface area contributed by atoms with Crippen LogP contribution in [0.1, 0.15) is 5.82 Å². The largest absolute Gasteiger partial charge is 0.237 e. The molecule has 2 aromatic heterocycles. The van der Waals surface area contributed by atoms with Crippen molar-refractivity contribution in [2.45, 2.75) is 6.61 Å². The zero-order valence-corrected chi connectivity index (χ0v) is 6.66. The van der Waals surface area contributed by atoms with Gasteiger partial charge in [0.15, 0.2) is 11.6 Å². The minimum Gasteiger partial charge on any atom is -0.237 e. The summed E-state index contributed by atoms with van der Waals surface area (Å²) in [5.41, 5.74) is 0. The molecule has 1 radical (unpaired) electrons. The highest BCUT2D eigenvalue weighted by atomic mass is 16.3. The molecule has 0 aromatic carbocycles. The Morgan fingerprint density at radius 2 is 2.31 bits per heavy atom. The molecule has 0 saturated carbocycles. The van der Waals surface area contributed by atoms with Crippen LogP contribution in [-0.2, 0) is 11.7 Å². The number of pyridine rings is 1. The summed E-state index contributed by atoms with van der Waals surface area (Å²) in [4.78, 5) is 4.01. The molecule has 2 rings (SSSR count). The molecule has 0 aliphatic rings. The van der Waals surface area contributed by atoms with Gasteiger partial charge in [-0.3, -0.25) is 0 Å². The Hall–Kier alpha value is -1.82.